The monoisotopic (exact) mass is 228 g/mol. The fraction of sp³-hybridized carbons (Fsp3) is 0.385. The maximum atomic E-state index is 4.65. The van der Waals surface area contributed by atoms with Crippen LogP contribution in [0.3, 0.4) is 0 Å². The zero-order valence-electron chi connectivity index (χ0n) is 10.2. The number of rotatable bonds is 2. The molecule has 0 aliphatic heterocycles. The van der Waals surface area contributed by atoms with Gasteiger partial charge in [-0.2, -0.15) is 5.10 Å². The Bertz CT molecular complexity index is 557. The van der Waals surface area contributed by atoms with Crippen LogP contribution in [-0.4, -0.2) is 14.8 Å². The molecule has 1 aliphatic rings. The average molecular weight is 228 g/mol. The molecule has 0 bridgehead atoms. The van der Waals surface area contributed by atoms with E-state index >= 15 is 0 Å². The second-order valence-electron chi connectivity index (χ2n) is 4.58. The van der Waals surface area contributed by atoms with Gasteiger partial charge in [-0.05, 0) is 37.8 Å². The molecule has 0 unspecified atom stereocenters. The number of nitrogens with zero attached hydrogens (tertiary/aromatic N) is 3. The molecule has 2 aromatic heterocycles. The summed E-state index contributed by atoms with van der Waals surface area (Å²) in [4.78, 5) is 4.65. The summed E-state index contributed by atoms with van der Waals surface area (Å²) >= 11 is 0. The van der Waals surface area contributed by atoms with E-state index in [1.165, 1.54) is 24.1 Å². The smallest absolute Gasteiger partial charge is 0.130 e. The first-order chi connectivity index (χ1) is 8.22. The summed E-state index contributed by atoms with van der Waals surface area (Å²) in [6, 6.07) is 4.24. The summed E-state index contributed by atoms with van der Waals surface area (Å²) in [6.45, 7) is 2.00. The first kappa shape index (κ1) is 10.3. The highest BCUT2D eigenvalue weighted by Crippen LogP contribution is 2.24. The van der Waals surface area contributed by atoms with Gasteiger partial charge in [0.1, 0.15) is 5.82 Å². The van der Waals surface area contributed by atoms with E-state index < -0.39 is 0 Å². The third-order valence-corrected chi connectivity index (χ3v) is 3.20. The zero-order chi connectivity index (χ0) is 11.8. The maximum Gasteiger partial charge on any atom is 0.130 e. The molecule has 0 saturated carbocycles. The van der Waals surface area contributed by atoms with Crippen LogP contribution in [0.1, 0.15) is 23.4 Å². The summed E-state index contributed by atoms with van der Waals surface area (Å²) in [5.41, 5.74) is 4.67. The van der Waals surface area contributed by atoms with Crippen molar-refractivity contribution in [1.82, 2.24) is 14.8 Å². The standard InChI is InChI=1S/C13H16N4/c1-9-12(8-17(2)16-9)15-13-7-6-10-4-3-5-11(10)14-13/h6-8H,3-5H2,1-2H3,(H,14,15). The van der Waals surface area contributed by atoms with Gasteiger partial charge in [-0.3, -0.25) is 4.68 Å². The lowest BCUT2D eigenvalue weighted by atomic mass is 10.2. The normalized spacial score (nSPS) is 13.8. The van der Waals surface area contributed by atoms with Crippen molar-refractivity contribution in [1.29, 1.82) is 0 Å². The largest absolute Gasteiger partial charge is 0.337 e. The minimum Gasteiger partial charge on any atom is -0.337 e. The van der Waals surface area contributed by atoms with Crippen molar-refractivity contribution in [2.45, 2.75) is 26.2 Å². The number of pyridine rings is 1. The Morgan fingerprint density at radius 1 is 1.29 bits per heavy atom. The Balaban J connectivity index is 1.88. The van der Waals surface area contributed by atoms with Gasteiger partial charge in [-0.15, -0.1) is 0 Å². The van der Waals surface area contributed by atoms with Crippen LogP contribution in [0.15, 0.2) is 18.3 Å². The molecular weight excluding hydrogens is 212 g/mol. The molecule has 3 rings (SSSR count). The van der Waals surface area contributed by atoms with Gasteiger partial charge in [0.05, 0.1) is 11.4 Å². The number of anilines is 2. The summed E-state index contributed by atoms with van der Waals surface area (Å²) in [5, 5.41) is 7.63. The number of aromatic nitrogens is 3. The van der Waals surface area contributed by atoms with E-state index in [0.29, 0.717) is 0 Å². The highest BCUT2D eigenvalue weighted by molar-refractivity contribution is 5.58. The number of hydrogen-bond donors (Lipinski definition) is 1. The van der Waals surface area contributed by atoms with Crippen LogP contribution in [0.2, 0.25) is 0 Å². The molecule has 88 valence electrons. The molecule has 17 heavy (non-hydrogen) atoms. The predicted molar refractivity (Wildman–Crippen MR) is 67.5 cm³/mol. The van der Waals surface area contributed by atoms with Crippen molar-refractivity contribution in [3.05, 3.63) is 35.3 Å². The second-order valence-corrected chi connectivity index (χ2v) is 4.58. The summed E-state index contributed by atoms with van der Waals surface area (Å²) < 4.78 is 1.81. The van der Waals surface area contributed by atoms with E-state index in [0.717, 1.165) is 23.6 Å². The molecule has 4 nitrogen and oxygen atoms in total. The van der Waals surface area contributed by atoms with Crippen LogP contribution in [-0.2, 0) is 19.9 Å². The lowest BCUT2D eigenvalue weighted by Gasteiger charge is -2.06. The Morgan fingerprint density at radius 3 is 2.94 bits per heavy atom. The van der Waals surface area contributed by atoms with E-state index in [9.17, 15) is 0 Å². The van der Waals surface area contributed by atoms with E-state index in [2.05, 4.69) is 27.5 Å². The van der Waals surface area contributed by atoms with Crippen molar-refractivity contribution in [3.63, 3.8) is 0 Å². The molecule has 2 aromatic rings. The number of fused-ring (bicyclic) bond motifs is 1. The van der Waals surface area contributed by atoms with Crippen molar-refractivity contribution < 1.29 is 0 Å². The fourth-order valence-corrected chi connectivity index (χ4v) is 2.35. The lowest BCUT2D eigenvalue weighted by Crippen LogP contribution is -1.97. The highest BCUT2D eigenvalue weighted by atomic mass is 15.3. The molecule has 0 spiro atoms. The molecule has 4 heteroatoms. The van der Waals surface area contributed by atoms with Gasteiger partial charge in [0.15, 0.2) is 0 Å². The second kappa shape index (κ2) is 3.87. The third-order valence-electron chi connectivity index (χ3n) is 3.20. The third kappa shape index (κ3) is 1.90. The van der Waals surface area contributed by atoms with Crippen LogP contribution in [0.25, 0.3) is 0 Å². The van der Waals surface area contributed by atoms with Crippen molar-refractivity contribution >= 4 is 11.5 Å². The minimum absolute atomic E-state index is 0.918. The molecule has 1 aliphatic carbocycles. The van der Waals surface area contributed by atoms with Gasteiger partial charge in [0.25, 0.3) is 0 Å². The van der Waals surface area contributed by atoms with Gasteiger partial charge in [0, 0.05) is 18.9 Å². The molecule has 0 atom stereocenters. The van der Waals surface area contributed by atoms with Crippen LogP contribution in [0.4, 0.5) is 11.5 Å². The van der Waals surface area contributed by atoms with Crippen molar-refractivity contribution in [2.24, 2.45) is 7.05 Å². The van der Waals surface area contributed by atoms with Gasteiger partial charge in [-0.1, -0.05) is 6.07 Å². The topological polar surface area (TPSA) is 42.7 Å². The van der Waals surface area contributed by atoms with Gasteiger partial charge >= 0.3 is 0 Å². The van der Waals surface area contributed by atoms with Gasteiger partial charge < -0.3 is 5.32 Å². The zero-order valence-corrected chi connectivity index (χ0v) is 10.2. The van der Waals surface area contributed by atoms with Crippen LogP contribution >= 0.6 is 0 Å². The molecular formula is C13H16N4. The van der Waals surface area contributed by atoms with Crippen LogP contribution < -0.4 is 5.32 Å². The lowest BCUT2D eigenvalue weighted by molar-refractivity contribution is 0.756. The first-order valence-electron chi connectivity index (χ1n) is 5.98. The molecule has 0 radical (unpaired) electrons. The molecule has 2 heterocycles. The first-order valence-corrected chi connectivity index (χ1v) is 5.98. The SMILES string of the molecule is Cc1nn(C)cc1Nc1ccc2c(n1)CCC2. The van der Waals surface area contributed by atoms with E-state index in [1.54, 1.807) is 0 Å². The van der Waals surface area contributed by atoms with Crippen molar-refractivity contribution in [3.8, 4) is 0 Å². The highest BCUT2D eigenvalue weighted by Gasteiger charge is 2.13. The molecule has 0 amide bonds. The fourth-order valence-electron chi connectivity index (χ4n) is 2.35. The predicted octanol–water partition coefficient (Wildman–Crippen LogP) is 2.36. The molecule has 0 fully saturated rings. The molecule has 1 N–H and O–H groups in total. The van der Waals surface area contributed by atoms with Gasteiger partial charge in [0.2, 0.25) is 0 Å². The number of hydrogen-bond acceptors (Lipinski definition) is 3. The van der Waals surface area contributed by atoms with E-state index in [4.69, 9.17) is 0 Å². The van der Waals surface area contributed by atoms with E-state index in [1.807, 2.05) is 24.9 Å². The molecule has 0 aromatic carbocycles. The van der Waals surface area contributed by atoms with Crippen molar-refractivity contribution in [2.75, 3.05) is 5.32 Å². The quantitative estimate of drug-likeness (QED) is 0.858. The van der Waals surface area contributed by atoms with E-state index in [-0.39, 0.29) is 0 Å². The minimum atomic E-state index is 0.918. The van der Waals surface area contributed by atoms with Gasteiger partial charge in [-0.25, -0.2) is 4.98 Å². The Hall–Kier alpha value is -1.84. The van der Waals surface area contributed by atoms with Crippen LogP contribution in [0.5, 0.6) is 0 Å². The number of nitrogens with one attached hydrogen (secondary N) is 1. The Morgan fingerprint density at radius 2 is 2.18 bits per heavy atom. The van der Waals surface area contributed by atoms with Crippen LogP contribution in [0, 0.1) is 6.92 Å². The average Bonchev–Trinajstić information content (AvgIpc) is 2.85. The number of aryl methyl sites for hydroxylation is 4. The summed E-state index contributed by atoms with van der Waals surface area (Å²) in [5.74, 6) is 0.918. The summed E-state index contributed by atoms with van der Waals surface area (Å²) in [6.07, 6.45) is 5.49. The Labute approximate surface area is 101 Å². The maximum absolute atomic E-state index is 4.65. The summed E-state index contributed by atoms with van der Waals surface area (Å²) in [7, 11) is 1.92. The molecule has 0 saturated heterocycles. The Kier molecular flexibility index (Phi) is 2.35.